The van der Waals surface area contributed by atoms with E-state index in [2.05, 4.69) is 56.4 Å². The highest BCUT2D eigenvalue weighted by Gasteiger charge is 2.11. The Morgan fingerprint density at radius 1 is 1.00 bits per heavy atom. The first-order chi connectivity index (χ1) is 9.49. The second kappa shape index (κ2) is 6.43. The van der Waals surface area contributed by atoms with E-state index in [0.29, 0.717) is 6.04 Å². The van der Waals surface area contributed by atoms with E-state index in [9.17, 15) is 0 Å². The van der Waals surface area contributed by atoms with Gasteiger partial charge in [-0.25, -0.2) is 0 Å². The van der Waals surface area contributed by atoms with Crippen molar-refractivity contribution in [2.75, 3.05) is 7.05 Å². The third-order valence-corrected chi connectivity index (χ3v) is 4.08. The number of halogens is 1. The molecule has 0 spiro atoms. The van der Waals surface area contributed by atoms with E-state index >= 15 is 0 Å². The summed E-state index contributed by atoms with van der Waals surface area (Å²) in [5.41, 5.74) is 6.43. The number of benzene rings is 2. The molecule has 2 aromatic carbocycles. The summed E-state index contributed by atoms with van der Waals surface area (Å²) >= 11 is 6.11. The van der Waals surface area contributed by atoms with Crippen LogP contribution in [0.1, 0.15) is 33.9 Å². The lowest BCUT2D eigenvalue weighted by Crippen LogP contribution is -2.19. The summed E-state index contributed by atoms with van der Waals surface area (Å²) < 4.78 is 0. The average Bonchev–Trinajstić information content (AvgIpc) is 2.38. The highest BCUT2D eigenvalue weighted by molar-refractivity contribution is 6.31. The molecule has 0 aliphatic carbocycles. The summed E-state index contributed by atoms with van der Waals surface area (Å²) in [6.07, 6.45) is 0.986. The number of hydrogen-bond acceptors (Lipinski definition) is 1. The van der Waals surface area contributed by atoms with E-state index in [0.717, 1.165) is 17.0 Å². The molecule has 0 bridgehead atoms. The molecule has 1 N–H and O–H groups in total. The lowest BCUT2D eigenvalue weighted by molar-refractivity contribution is 0.591. The topological polar surface area (TPSA) is 12.0 Å². The summed E-state index contributed by atoms with van der Waals surface area (Å²) in [6.45, 7) is 6.35. The van der Waals surface area contributed by atoms with Crippen molar-refractivity contribution in [3.05, 3.63) is 69.2 Å². The molecule has 0 aliphatic heterocycles. The van der Waals surface area contributed by atoms with Crippen LogP contribution in [0.5, 0.6) is 0 Å². The molecule has 0 aliphatic rings. The van der Waals surface area contributed by atoms with Gasteiger partial charge in [0.1, 0.15) is 0 Å². The molecule has 0 heterocycles. The predicted octanol–water partition coefficient (Wildman–Crippen LogP) is 4.77. The zero-order chi connectivity index (χ0) is 14.7. The molecule has 106 valence electrons. The largest absolute Gasteiger partial charge is 0.313 e. The van der Waals surface area contributed by atoms with Crippen molar-refractivity contribution in [3.8, 4) is 0 Å². The van der Waals surface area contributed by atoms with Crippen LogP contribution < -0.4 is 5.32 Å². The Morgan fingerprint density at radius 2 is 1.65 bits per heavy atom. The molecule has 1 nitrogen and oxygen atoms in total. The first-order valence-corrected chi connectivity index (χ1v) is 7.38. The van der Waals surface area contributed by atoms with Crippen molar-refractivity contribution in [1.29, 1.82) is 0 Å². The van der Waals surface area contributed by atoms with Gasteiger partial charge in [0.05, 0.1) is 0 Å². The number of hydrogen-bond donors (Lipinski definition) is 1. The molecule has 1 unspecified atom stereocenters. The van der Waals surface area contributed by atoms with Gasteiger partial charge in [-0.05, 0) is 57.0 Å². The van der Waals surface area contributed by atoms with E-state index in [1.54, 1.807) is 0 Å². The molecular weight excluding hydrogens is 266 g/mol. The van der Waals surface area contributed by atoms with Gasteiger partial charge in [-0.15, -0.1) is 0 Å². The van der Waals surface area contributed by atoms with Crippen molar-refractivity contribution in [1.82, 2.24) is 5.32 Å². The maximum atomic E-state index is 6.11. The van der Waals surface area contributed by atoms with E-state index in [1.165, 1.54) is 22.3 Å². The van der Waals surface area contributed by atoms with Crippen LogP contribution in [-0.2, 0) is 6.42 Å². The second-order valence-electron chi connectivity index (χ2n) is 5.55. The molecule has 2 rings (SSSR count). The SMILES string of the molecule is CNC(Cc1cc(C)cc(C)c1)c1ccc(Cl)c(C)c1. The second-order valence-corrected chi connectivity index (χ2v) is 5.96. The van der Waals surface area contributed by atoms with E-state index < -0.39 is 0 Å². The Bertz CT molecular complexity index is 584. The molecular formula is C18H22ClN. The van der Waals surface area contributed by atoms with Crippen LogP contribution in [0.2, 0.25) is 5.02 Å². The lowest BCUT2D eigenvalue weighted by Gasteiger charge is -2.18. The first kappa shape index (κ1) is 15.1. The summed E-state index contributed by atoms with van der Waals surface area (Å²) in [7, 11) is 2.01. The maximum absolute atomic E-state index is 6.11. The molecule has 0 amide bonds. The predicted molar refractivity (Wildman–Crippen MR) is 87.6 cm³/mol. The van der Waals surface area contributed by atoms with Gasteiger partial charge in [0.2, 0.25) is 0 Å². The van der Waals surface area contributed by atoms with Gasteiger partial charge in [-0.2, -0.15) is 0 Å². The fourth-order valence-electron chi connectivity index (χ4n) is 2.69. The fraction of sp³-hybridized carbons (Fsp3) is 0.333. The van der Waals surface area contributed by atoms with Gasteiger partial charge < -0.3 is 5.32 Å². The van der Waals surface area contributed by atoms with E-state index in [4.69, 9.17) is 11.6 Å². The Kier molecular flexibility index (Phi) is 4.85. The fourth-order valence-corrected chi connectivity index (χ4v) is 2.81. The Hall–Kier alpha value is -1.31. The van der Waals surface area contributed by atoms with Crippen LogP contribution >= 0.6 is 11.6 Å². The minimum absolute atomic E-state index is 0.312. The number of aryl methyl sites for hydroxylation is 3. The molecule has 0 radical (unpaired) electrons. The zero-order valence-electron chi connectivity index (χ0n) is 12.6. The van der Waals surface area contributed by atoms with Crippen molar-refractivity contribution in [2.24, 2.45) is 0 Å². The normalized spacial score (nSPS) is 12.4. The molecule has 0 fully saturated rings. The third-order valence-electron chi connectivity index (χ3n) is 3.65. The molecule has 0 saturated heterocycles. The summed E-state index contributed by atoms with van der Waals surface area (Å²) in [6, 6.07) is 13.3. The molecule has 0 aromatic heterocycles. The van der Waals surface area contributed by atoms with E-state index in [1.807, 2.05) is 13.1 Å². The van der Waals surface area contributed by atoms with Crippen LogP contribution in [-0.4, -0.2) is 7.05 Å². The van der Waals surface area contributed by atoms with Crippen LogP contribution in [0.15, 0.2) is 36.4 Å². The van der Waals surface area contributed by atoms with Crippen molar-refractivity contribution in [3.63, 3.8) is 0 Å². The minimum atomic E-state index is 0.312. The quantitative estimate of drug-likeness (QED) is 0.854. The van der Waals surface area contributed by atoms with E-state index in [-0.39, 0.29) is 0 Å². The molecule has 20 heavy (non-hydrogen) atoms. The van der Waals surface area contributed by atoms with Gasteiger partial charge in [0, 0.05) is 11.1 Å². The van der Waals surface area contributed by atoms with Crippen molar-refractivity contribution >= 4 is 11.6 Å². The third kappa shape index (κ3) is 3.62. The van der Waals surface area contributed by atoms with Gasteiger partial charge in [-0.3, -0.25) is 0 Å². The smallest absolute Gasteiger partial charge is 0.0435 e. The van der Waals surface area contributed by atoms with Gasteiger partial charge in [0.15, 0.2) is 0 Å². The molecule has 2 aromatic rings. The van der Waals surface area contributed by atoms with Gasteiger partial charge in [0.25, 0.3) is 0 Å². The van der Waals surface area contributed by atoms with Crippen LogP contribution in [0.3, 0.4) is 0 Å². The van der Waals surface area contributed by atoms with Crippen molar-refractivity contribution < 1.29 is 0 Å². The number of likely N-dealkylation sites (N-methyl/N-ethyl adjacent to an activating group) is 1. The monoisotopic (exact) mass is 287 g/mol. The highest BCUT2D eigenvalue weighted by Crippen LogP contribution is 2.24. The molecule has 2 heteroatoms. The number of rotatable bonds is 4. The molecule has 0 saturated carbocycles. The Balaban J connectivity index is 2.26. The van der Waals surface area contributed by atoms with Crippen molar-refractivity contribution in [2.45, 2.75) is 33.2 Å². The Morgan fingerprint density at radius 3 is 2.20 bits per heavy atom. The lowest BCUT2D eigenvalue weighted by atomic mass is 9.96. The zero-order valence-corrected chi connectivity index (χ0v) is 13.4. The summed E-state index contributed by atoms with van der Waals surface area (Å²) in [5.74, 6) is 0. The summed E-state index contributed by atoms with van der Waals surface area (Å²) in [4.78, 5) is 0. The first-order valence-electron chi connectivity index (χ1n) is 7.00. The molecule has 1 atom stereocenters. The van der Waals surface area contributed by atoms with Gasteiger partial charge >= 0.3 is 0 Å². The Labute approximate surface area is 127 Å². The summed E-state index contributed by atoms with van der Waals surface area (Å²) in [5, 5.41) is 4.24. The standard InChI is InChI=1S/C18H22ClN/c1-12-7-13(2)9-15(8-12)11-18(20-4)16-5-6-17(19)14(3)10-16/h5-10,18,20H,11H2,1-4H3. The maximum Gasteiger partial charge on any atom is 0.0435 e. The average molecular weight is 288 g/mol. The van der Waals surface area contributed by atoms with Crippen LogP contribution in [0.4, 0.5) is 0 Å². The van der Waals surface area contributed by atoms with Crippen LogP contribution in [0, 0.1) is 20.8 Å². The van der Waals surface area contributed by atoms with Gasteiger partial charge in [-0.1, -0.05) is 53.1 Å². The van der Waals surface area contributed by atoms with Crippen LogP contribution in [0.25, 0.3) is 0 Å². The highest BCUT2D eigenvalue weighted by atomic mass is 35.5. The number of nitrogens with one attached hydrogen (secondary N) is 1. The minimum Gasteiger partial charge on any atom is -0.313 e.